The average molecular weight is 273 g/mol. The van der Waals surface area contributed by atoms with E-state index in [-0.39, 0.29) is 22.1 Å². The minimum Gasteiger partial charge on any atom is -0.315 e. The first-order valence-corrected chi connectivity index (χ1v) is 7.47. The first kappa shape index (κ1) is 15.1. The van der Waals surface area contributed by atoms with Crippen LogP contribution in [0.4, 0.5) is 4.39 Å². The molecular formula is C13H20FNO2S. The van der Waals surface area contributed by atoms with Crippen molar-refractivity contribution in [3.63, 3.8) is 0 Å². The molecule has 3 nitrogen and oxygen atoms in total. The summed E-state index contributed by atoms with van der Waals surface area (Å²) in [5.74, 6) is -0.580. The second-order valence-electron chi connectivity index (χ2n) is 5.45. The van der Waals surface area contributed by atoms with Gasteiger partial charge in [0.15, 0.2) is 9.84 Å². The van der Waals surface area contributed by atoms with E-state index in [1.807, 2.05) is 20.8 Å². The third-order valence-corrected chi connectivity index (χ3v) is 4.68. The number of sulfone groups is 1. The third-order valence-electron chi connectivity index (χ3n) is 2.94. The summed E-state index contributed by atoms with van der Waals surface area (Å²) >= 11 is 0. The van der Waals surface area contributed by atoms with Crippen molar-refractivity contribution in [3.8, 4) is 0 Å². The summed E-state index contributed by atoms with van der Waals surface area (Å²) in [6.07, 6.45) is 0. The number of nitrogens with one attached hydrogen (secondary N) is 1. The highest BCUT2D eigenvalue weighted by Gasteiger charge is 2.29. The molecule has 0 aromatic heterocycles. The number of benzene rings is 1. The molecule has 0 spiro atoms. The molecule has 1 rings (SSSR count). The van der Waals surface area contributed by atoms with Crippen LogP contribution < -0.4 is 5.32 Å². The Morgan fingerprint density at radius 2 is 1.94 bits per heavy atom. The highest BCUT2D eigenvalue weighted by Crippen LogP contribution is 2.23. The van der Waals surface area contributed by atoms with E-state index in [0.29, 0.717) is 0 Å². The van der Waals surface area contributed by atoms with Crippen LogP contribution in [0.3, 0.4) is 0 Å². The van der Waals surface area contributed by atoms with Crippen LogP contribution in [-0.2, 0) is 9.84 Å². The number of rotatable bonds is 4. The van der Waals surface area contributed by atoms with E-state index in [2.05, 4.69) is 5.32 Å². The molecule has 1 atom stereocenters. The van der Waals surface area contributed by atoms with Crippen molar-refractivity contribution in [2.24, 2.45) is 5.41 Å². The fourth-order valence-corrected chi connectivity index (χ4v) is 3.62. The van der Waals surface area contributed by atoms with E-state index < -0.39 is 15.7 Å². The van der Waals surface area contributed by atoms with Gasteiger partial charge in [-0.15, -0.1) is 0 Å². The van der Waals surface area contributed by atoms with E-state index in [1.54, 1.807) is 7.05 Å². The monoisotopic (exact) mass is 273 g/mol. The molecule has 0 heterocycles. The normalized spacial score (nSPS) is 14.5. The Hall–Kier alpha value is -0.940. The maximum Gasteiger partial charge on any atom is 0.180 e. The van der Waals surface area contributed by atoms with E-state index in [0.717, 1.165) is 6.07 Å². The quantitative estimate of drug-likeness (QED) is 0.915. The molecule has 0 radical (unpaired) electrons. The van der Waals surface area contributed by atoms with E-state index in [9.17, 15) is 12.8 Å². The molecule has 0 saturated carbocycles. The molecule has 0 amide bonds. The number of hydrogen-bond acceptors (Lipinski definition) is 3. The number of halogens is 1. The van der Waals surface area contributed by atoms with Crippen LogP contribution in [0, 0.1) is 11.2 Å². The maximum absolute atomic E-state index is 13.1. The molecule has 18 heavy (non-hydrogen) atoms. The zero-order chi connectivity index (χ0) is 14.0. The molecule has 0 saturated heterocycles. The van der Waals surface area contributed by atoms with Gasteiger partial charge in [0.1, 0.15) is 5.82 Å². The van der Waals surface area contributed by atoms with Gasteiger partial charge in [-0.25, -0.2) is 12.8 Å². The van der Waals surface area contributed by atoms with Gasteiger partial charge in [0.05, 0.1) is 10.6 Å². The first-order valence-electron chi connectivity index (χ1n) is 5.82. The molecule has 0 bridgehead atoms. The summed E-state index contributed by atoms with van der Waals surface area (Å²) in [6.45, 7) is 5.90. The fourth-order valence-electron chi connectivity index (χ4n) is 1.74. The van der Waals surface area contributed by atoms with Crippen molar-refractivity contribution >= 4 is 9.84 Å². The van der Waals surface area contributed by atoms with Crippen LogP contribution >= 0.6 is 0 Å². The molecular weight excluding hydrogens is 253 g/mol. The molecule has 102 valence electrons. The van der Waals surface area contributed by atoms with Crippen LogP contribution in [0.1, 0.15) is 20.8 Å². The molecule has 0 aliphatic carbocycles. The lowest BCUT2D eigenvalue weighted by molar-refractivity contribution is 0.302. The van der Waals surface area contributed by atoms with Crippen molar-refractivity contribution in [2.45, 2.75) is 31.7 Å². The Labute approximate surface area is 108 Å². The summed E-state index contributed by atoms with van der Waals surface area (Å²) in [5, 5.41) is 3.01. The van der Waals surface area contributed by atoms with Crippen molar-refractivity contribution in [1.82, 2.24) is 5.32 Å². The van der Waals surface area contributed by atoms with Gasteiger partial charge >= 0.3 is 0 Å². The lowest BCUT2D eigenvalue weighted by Gasteiger charge is -2.30. The van der Waals surface area contributed by atoms with Gasteiger partial charge in [-0.2, -0.15) is 0 Å². The molecule has 0 fully saturated rings. The van der Waals surface area contributed by atoms with Gasteiger partial charge in [0.2, 0.25) is 0 Å². The highest BCUT2D eigenvalue weighted by molar-refractivity contribution is 7.91. The maximum atomic E-state index is 13.1. The Kier molecular flexibility index (Phi) is 4.50. The predicted octanol–water partition coefficient (Wildman–Crippen LogP) is 2.23. The number of hydrogen-bond donors (Lipinski definition) is 1. The van der Waals surface area contributed by atoms with E-state index in [4.69, 9.17) is 0 Å². The Morgan fingerprint density at radius 3 is 2.39 bits per heavy atom. The van der Waals surface area contributed by atoms with Gasteiger partial charge in [0.25, 0.3) is 0 Å². The summed E-state index contributed by atoms with van der Waals surface area (Å²) in [4.78, 5) is 0.0343. The van der Waals surface area contributed by atoms with Gasteiger partial charge in [-0.1, -0.05) is 26.8 Å². The predicted molar refractivity (Wildman–Crippen MR) is 70.8 cm³/mol. The second kappa shape index (κ2) is 5.36. The zero-order valence-electron chi connectivity index (χ0n) is 11.2. The molecule has 0 aliphatic heterocycles. The fraction of sp³-hybridized carbons (Fsp3) is 0.538. The third kappa shape index (κ3) is 3.78. The smallest absolute Gasteiger partial charge is 0.180 e. The standard InChI is InChI=1S/C13H20FNO2S/c1-13(2,3)12(15-4)9-18(16,17)11-7-5-6-10(14)8-11/h5-8,12,15H,9H2,1-4H3. The van der Waals surface area contributed by atoms with Crippen molar-refractivity contribution in [2.75, 3.05) is 12.8 Å². The average Bonchev–Trinajstić information content (AvgIpc) is 2.24. The van der Waals surface area contributed by atoms with E-state index >= 15 is 0 Å². The van der Waals surface area contributed by atoms with Gasteiger partial charge in [-0.3, -0.25) is 0 Å². The van der Waals surface area contributed by atoms with Crippen LogP contribution in [0.2, 0.25) is 0 Å². The van der Waals surface area contributed by atoms with Crippen LogP contribution in [0.5, 0.6) is 0 Å². The molecule has 1 aromatic rings. The Morgan fingerprint density at radius 1 is 1.33 bits per heavy atom. The van der Waals surface area contributed by atoms with Gasteiger partial charge in [0, 0.05) is 6.04 Å². The Bertz CT molecular complexity index is 506. The summed E-state index contributed by atoms with van der Waals surface area (Å²) in [5.41, 5.74) is -0.185. The summed E-state index contributed by atoms with van der Waals surface area (Å²) in [6, 6.07) is 4.94. The van der Waals surface area contributed by atoms with E-state index in [1.165, 1.54) is 18.2 Å². The van der Waals surface area contributed by atoms with Gasteiger partial charge < -0.3 is 5.32 Å². The van der Waals surface area contributed by atoms with Crippen LogP contribution in [0.25, 0.3) is 0 Å². The summed E-state index contributed by atoms with van der Waals surface area (Å²) in [7, 11) is -1.75. The SMILES string of the molecule is CNC(CS(=O)(=O)c1cccc(F)c1)C(C)(C)C. The minimum atomic E-state index is -3.48. The molecule has 1 unspecified atom stereocenters. The highest BCUT2D eigenvalue weighted by atomic mass is 32.2. The minimum absolute atomic E-state index is 0.0343. The van der Waals surface area contributed by atoms with Crippen LogP contribution in [-0.4, -0.2) is 27.3 Å². The topological polar surface area (TPSA) is 46.2 Å². The lowest BCUT2D eigenvalue weighted by atomic mass is 9.88. The first-order chi connectivity index (χ1) is 8.16. The zero-order valence-corrected chi connectivity index (χ0v) is 12.0. The van der Waals surface area contributed by atoms with Crippen molar-refractivity contribution in [3.05, 3.63) is 30.1 Å². The summed E-state index contributed by atoms with van der Waals surface area (Å²) < 4.78 is 37.5. The molecule has 1 N–H and O–H groups in total. The molecule has 5 heteroatoms. The lowest BCUT2D eigenvalue weighted by Crippen LogP contribution is -2.43. The van der Waals surface area contributed by atoms with Crippen LogP contribution in [0.15, 0.2) is 29.2 Å². The van der Waals surface area contributed by atoms with Gasteiger partial charge in [-0.05, 0) is 30.7 Å². The van der Waals surface area contributed by atoms with Crippen molar-refractivity contribution < 1.29 is 12.8 Å². The molecule has 1 aromatic carbocycles. The second-order valence-corrected chi connectivity index (χ2v) is 7.48. The largest absolute Gasteiger partial charge is 0.315 e. The Balaban J connectivity index is 3.02. The molecule has 0 aliphatic rings. The van der Waals surface area contributed by atoms with Crippen molar-refractivity contribution in [1.29, 1.82) is 0 Å².